The minimum absolute atomic E-state index is 0.607. The van der Waals surface area contributed by atoms with Crippen molar-refractivity contribution in [2.75, 3.05) is 0 Å². The van der Waals surface area contributed by atoms with Gasteiger partial charge >= 0.3 is 0 Å². The van der Waals surface area contributed by atoms with Gasteiger partial charge in [0.1, 0.15) is 0 Å². The van der Waals surface area contributed by atoms with E-state index in [4.69, 9.17) is 0 Å². The molecule has 0 bridgehead atoms. The van der Waals surface area contributed by atoms with Crippen molar-refractivity contribution in [3.05, 3.63) is 11.9 Å². The minimum atomic E-state index is 0.607. The molecule has 0 atom stereocenters. The van der Waals surface area contributed by atoms with Crippen molar-refractivity contribution in [1.29, 1.82) is 0 Å². The summed E-state index contributed by atoms with van der Waals surface area (Å²) >= 11 is 0. The van der Waals surface area contributed by atoms with Gasteiger partial charge in [-0.2, -0.15) is 0 Å². The molecule has 1 N–H and O–H groups in total. The van der Waals surface area contributed by atoms with E-state index in [1.54, 1.807) is 0 Å². The van der Waals surface area contributed by atoms with Gasteiger partial charge in [-0.1, -0.05) is 24.5 Å². The van der Waals surface area contributed by atoms with E-state index in [0.717, 1.165) is 18.3 Å². The van der Waals surface area contributed by atoms with Gasteiger partial charge in [0.15, 0.2) is 0 Å². The van der Waals surface area contributed by atoms with E-state index in [-0.39, 0.29) is 0 Å². The van der Waals surface area contributed by atoms with Crippen molar-refractivity contribution in [3.8, 4) is 0 Å². The summed E-state index contributed by atoms with van der Waals surface area (Å²) in [5, 5.41) is 12.0. The van der Waals surface area contributed by atoms with E-state index in [9.17, 15) is 0 Å². The largest absolute Gasteiger partial charge is 0.308 e. The molecule has 2 fully saturated rings. The predicted octanol–water partition coefficient (Wildman–Crippen LogP) is 2.04. The smallest absolute Gasteiger partial charge is 0.0965 e. The maximum absolute atomic E-state index is 4.26. The third kappa shape index (κ3) is 2.43. The van der Waals surface area contributed by atoms with Crippen molar-refractivity contribution in [2.45, 2.75) is 63.6 Å². The Balaban J connectivity index is 1.57. The summed E-state index contributed by atoms with van der Waals surface area (Å²) < 4.78 is 2.09. The first-order valence-electron chi connectivity index (χ1n) is 6.56. The van der Waals surface area contributed by atoms with Crippen LogP contribution in [0.15, 0.2) is 6.20 Å². The molecule has 0 spiro atoms. The highest BCUT2D eigenvalue weighted by Crippen LogP contribution is 2.27. The molecule has 0 radical (unpaired) electrons. The first-order valence-corrected chi connectivity index (χ1v) is 6.56. The maximum atomic E-state index is 4.26. The fourth-order valence-electron chi connectivity index (χ4n) is 2.45. The number of nitrogens with one attached hydrogen (secondary N) is 1. The molecule has 2 aliphatic carbocycles. The highest BCUT2D eigenvalue weighted by molar-refractivity contribution is 4.95. The van der Waals surface area contributed by atoms with E-state index < -0.39 is 0 Å². The van der Waals surface area contributed by atoms with Crippen LogP contribution in [0.5, 0.6) is 0 Å². The second-order valence-electron chi connectivity index (χ2n) is 5.14. The molecule has 4 heteroatoms. The molecular weight excluding hydrogens is 200 g/mol. The molecule has 2 saturated carbocycles. The zero-order valence-corrected chi connectivity index (χ0v) is 9.73. The molecule has 0 amide bonds. The van der Waals surface area contributed by atoms with Crippen molar-refractivity contribution in [2.24, 2.45) is 0 Å². The SMILES string of the molecule is c1c(CNC2CC2)nnn1C1CCCCC1. The second-order valence-corrected chi connectivity index (χ2v) is 5.14. The van der Waals surface area contributed by atoms with Crippen molar-refractivity contribution in [3.63, 3.8) is 0 Å². The van der Waals surface area contributed by atoms with Crippen LogP contribution in [0.4, 0.5) is 0 Å². The van der Waals surface area contributed by atoms with Crippen LogP contribution in [0.3, 0.4) is 0 Å². The predicted molar refractivity (Wildman–Crippen MR) is 62.0 cm³/mol. The highest BCUT2D eigenvalue weighted by atomic mass is 15.4. The Hall–Kier alpha value is -0.900. The summed E-state index contributed by atoms with van der Waals surface area (Å²) in [5.41, 5.74) is 1.09. The Labute approximate surface area is 96.4 Å². The zero-order chi connectivity index (χ0) is 10.8. The molecule has 88 valence electrons. The van der Waals surface area contributed by atoms with Crippen molar-refractivity contribution in [1.82, 2.24) is 20.3 Å². The van der Waals surface area contributed by atoms with Gasteiger partial charge in [0.05, 0.1) is 17.9 Å². The Bertz CT molecular complexity index is 337. The lowest BCUT2D eigenvalue weighted by molar-refractivity contribution is 0.324. The zero-order valence-electron chi connectivity index (χ0n) is 9.73. The summed E-state index contributed by atoms with van der Waals surface area (Å²) in [4.78, 5) is 0. The topological polar surface area (TPSA) is 42.7 Å². The maximum Gasteiger partial charge on any atom is 0.0965 e. The Morgan fingerprint density at radius 2 is 2.00 bits per heavy atom. The van der Waals surface area contributed by atoms with E-state index >= 15 is 0 Å². The van der Waals surface area contributed by atoms with Crippen LogP contribution in [0.25, 0.3) is 0 Å². The summed E-state index contributed by atoms with van der Waals surface area (Å²) in [7, 11) is 0. The van der Waals surface area contributed by atoms with E-state index in [0.29, 0.717) is 6.04 Å². The molecular formula is C12H20N4. The summed E-state index contributed by atoms with van der Waals surface area (Å²) in [6.07, 6.45) is 11.4. The number of rotatable bonds is 4. The van der Waals surface area contributed by atoms with Gasteiger partial charge in [0.2, 0.25) is 0 Å². The van der Waals surface area contributed by atoms with Crippen LogP contribution in [0, 0.1) is 0 Å². The van der Waals surface area contributed by atoms with Gasteiger partial charge < -0.3 is 5.32 Å². The van der Waals surface area contributed by atoms with Crippen LogP contribution in [0.2, 0.25) is 0 Å². The lowest BCUT2D eigenvalue weighted by atomic mass is 9.96. The second kappa shape index (κ2) is 4.53. The lowest BCUT2D eigenvalue weighted by Gasteiger charge is -2.20. The third-order valence-electron chi connectivity index (χ3n) is 3.66. The Morgan fingerprint density at radius 1 is 1.19 bits per heavy atom. The number of hydrogen-bond acceptors (Lipinski definition) is 3. The van der Waals surface area contributed by atoms with Crippen LogP contribution in [-0.4, -0.2) is 21.0 Å². The van der Waals surface area contributed by atoms with Gasteiger partial charge in [0.25, 0.3) is 0 Å². The van der Waals surface area contributed by atoms with Gasteiger partial charge in [-0.25, -0.2) is 4.68 Å². The van der Waals surface area contributed by atoms with E-state index in [1.165, 1.54) is 44.9 Å². The molecule has 1 aromatic rings. The van der Waals surface area contributed by atoms with Crippen LogP contribution < -0.4 is 5.32 Å². The number of hydrogen-bond donors (Lipinski definition) is 1. The first-order chi connectivity index (χ1) is 7.92. The fourth-order valence-corrected chi connectivity index (χ4v) is 2.45. The van der Waals surface area contributed by atoms with Crippen LogP contribution >= 0.6 is 0 Å². The Kier molecular flexibility index (Phi) is 2.91. The van der Waals surface area contributed by atoms with E-state index in [1.807, 2.05) is 0 Å². The van der Waals surface area contributed by atoms with Crippen molar-refractivity contribution < 1.29 is 0 Å². The van der Waals surface area contributed by atoms with E-state index in [2.05, 4.69) is 26.5 Å². The molecule has 3 rings (SSSR count). The molecule has 1 aromatic heterocycles. The van der Waals surface area contributed by atoms with Gasteiger partial charge in [-0.3, -0.25) is 0 Å². The average Bonchev–Trinajstić information content (AvgIpc) is 3.05. The summed E-state index contributed by atoms with van der Waals surface area (Å²) in [6.45, 7) is 0.886. The van der Waals surface area contributed by atoms with Gasteiger partial charge in [-0.15, -0.1) is 5.10 Å². The fraction of sp³-hybridized carbons (Fsp3) is 0.833. The molecule has 0 aromatic carbocycles. The van der Waals surface area contributed by atoms with Crippen molar-refractivity contribution >= 4 is 0 Å². The number of nitrogens with zero attached hydrogens (tertiary/aromatic N) is 3. The molecule has 16 heavy (non-hydrogen) atoms. The van der Waals surface area contributed by atoms with Crippen LogP contribution in [-0.2, 0) is 6.54 Å². The molecule has 0 saturated heterocycles. The number of aromatic nitrogens is 3. The molecule has 1 heterocycles. The minimum Gasteiger partial charge on any atom is -0.308 e. The standard InChI is InChI=1S/C12H20N4/c1-2-4-12(5-3-1)16-9-11(14-15-16)8-13-10-6-7-10/h9-10,12-13H,1-8H2. The molecule has 4 nitrogen and oxygen atoms in total. The van der Waals surface area contributed by atoms with Gasteiger partial charge in [-0.05, 0) is 25.7 Å². The summed E-state index contributed by atoms with van der Waals surface area (Å²) in [6, 6.07) is 1.36. The monoisotopic (exact) mass is 220 g/mol. The van der Waals surface area contributed by atoms with Crippen LogP contribution in [0.1, 0.15) is 56.7 Å². The summed E-state index contributed by atoms with van der Waals surface area (Å²) in [5.74, 6) is 0. The average molecular weight is 220 g/mol. The third-order valence-corrected chi connectivity index (χ3v) is 3.66. The quantitative estimate of drug-likeness (QED) is 0.844. The normalized spacial score (nSPS) is 22.5. The molecule has 0 unspecified atom stereocenters. The highest BCUT2D eigenvalue weighted by Gasteiger charge is 2.21. The van der Waals surface area contributed by atoms with Gasteiger partial charge in [0, 0.05) is 12.6 Å². The first kappa shape index (κ1) is 10.3. The molecule has 2 aliphatic rings. The Morgan fingerprint density at radius 3 is 2.75 bits per heavy atom. The molecule has 0 aliphatic heterocycles. The lowest BCUT2D eigenvalue weighted by Crippen LogP contribution is -2.15.